The van der Waals surface area contributed by atoms with Crippen molar-refractivity contribution in [3.05, 3.63) is 0 Å². The first-order chi connectivity index (χ1) is 13.3. The molecule has 7 fully saturated rings. The van der Waals surface area contributed by atoms with Crippen molar-refractivity contribution in [3.8, 4) is 0 Å². The molecule has 10 nitrogen and oxygen atoms in total. The third-order valence-corrected chi connectivity index (χ3v) is 7.40. The molecule has 0 aromatic rings. The highest BCUT2D eigenvalue weighted by atomic mass is 16.6. The smallest absolute Gasteiger partial charge is 0.410 e. The van der Waals surface area contributed by atoms with Crippen LogP contribution in [0.3, 0.4) is 0 Å². The number of amides is 2. The minimum Gasteiger partial charge on any atom is -0.481 e. The summed E-state index contributed by atoms with van der Waals surface area (Å²) in [5.74, 6) is -3.21. The van der Waals surface area contributed by atoms with Gasteiger partial charge in [0, 0.05) is 24.9 Å². The predicted octanol–water partition coefficient (Wildman–Crippen LogP) is 0.850. The van der Waals surface area contributed by atoms with Crippen LogP contribution in [0.2, 0.25) is 0 Å². The van der Waals surface area contributed by atoms with Gasteiger partial charge in [0.1, 0.15) is 0 Å². The summed E-state index contributed by atoms with van der Waals surface area (Å²) in [6, 6.07) is -1.54. The van der Waals surface area contributed by atoms with Crippen LogP contribution in [0.15, 0.2) is 0 Å². The summed E-state index contributed by atoms with van der Waals surface area (Å²) in [7, 11) is 0. The van der Waals surface area contributed by atoms with Crippen LogP contribution < -0.4 is 0 Å². The Kier molecular flexibility index (Phi) is 4.03. The maximum absolute atomic E-state index is 12.5. The molecule has 2 N–H and O–H groups in total. The molecule has 4 aliphatic heterocycles. The van der Waals surface area contributed by atoms with Crippen molar-refractivity contribution in [1.29, 1.82) is 0 Å². The fourth-order valence-corrected chi connectivity index (χ4v) is 6.42. The van der Waals surface area contributed by atoms with E-state index in [-0.39, 0.29) is 39.1 Å². The van der Waals surface area contributed by atoms with E-state index in [1.54, 1.807) is 13.8 Å². The molecule has 6 atom stereocenters. The maximum atomic E-state index is 12.5. The molecule has 28 heavy (non-hydrogen) atoms. The lowest BCUT2D eigenvalue weighted by molar-refractivity contribution is -0.276. The third kappa shape index (κ3) is 1.98. The molecule has 0 spiro atoms. The molecule has 7 aliphatic rings. The van der Waals surface area contributed by atoms with Crippen LogP contribution in [0, 0.1) is 22.7 Å². The number of carbonyl (C=O) groups excluding carboxylic acids is 2. The summed E-state index contributed by atoms with van der Waals surface area (Å²) in [5, 5.41) is 20.4. The van der Waals surface area contributed by atoms with Crippen molar-refractivity contribution in [3.63, 3.8) is 0 Å². The Morgan fingerprint density at radius 3 is 1.46 bits per heavy atom. The average Bonchev–Trinajstić information content (AvgIpc) is 2.67. The van der Waals surface area contributed by atoms with Crippen molar-refractivity contribution >= 4 is 24.1 Å². The summed E-state index contributed by atoms with van der Waals surface area (Å²) in [6.07, 6.45) is -1.23. The summed E-state index contributed by atoms with van der Waals surface area (Å²) >= 11 is 0. The van der Waals surface area contributed by atoms with Crippen LogP contribution >= 0.6 is 0 Å². The minimum atomic E-state index is -1.28. The van der Waals surface area contributed by atoms with Crippen LogP contribution in [0.5, 0.6) is 0 Å². The van der Waals surface area contributed by atoms with E-state index in [1.807, 2.05) is 0 Å². The number of carboxylic acids is 2. The van der Waals surface area contributed by atoms with Gasteiger partial charge in [-0.05, 0) is 26.7 Å². The zero-order chi connectivity index (χ0) is 20.4. The van der Waals surface area contributed by atoms with E-state index in [2.05, 4.69) is 0 Å². The van der Waals surface area contributed by atoms with Gasteiger partial charge in [-0.3, -0.25) is 9.59 Å². The van der Waals surface area contributed by atoms with E-state index in [0.29, 0.717) is 0 Å². The van der Waals surface area contributed by atoms with Crippen molar-refractivity contribution in [2.75, 3.05) is 26.3 Å². The Morgan fingerprint density at radius 2 is 1.18 bits per heavy atom. The Hall–Kier alpha value is -2.52. The largest absolute Gasteiger partial charge is 0.481 e. The molecule has 154 valence electrons. The molecule has 3 saturated carbocycles. The van der Waals surface area contributed by atoms with E-state index in [1.165, 1.54) is 9.80 Å². The van der Waals surface area contributed by atoms with Gasteiger partial charge in [0.15, 0.2) is 0 Å². The fraction of sp³-hybridized carbons (Fsp3) is 0.778. The van der Waals surface area contributed by atoms with Crippen molar-refractivity contribution in [1.82, 2.24) is 9.80 Å². The monoisotopic (exact) mass is 396 g/mol. The van der Waals surface area contributed by atoms with E-state index >= 15 is 0 Å². The standard InChI is InChI=1S/C18H24N2O8/c1-3-27-15(25)19-7-9-10-8-20(16(26)28-4-2)12-6-17(10,13(21)22)11(19)5-18(9,12)14(23)24/h9-12H,3-8H2,1-2H3,(H,21,22)(H,23,24)/t9-,10+,11+,12-,17-,18-/m0/s1. The summed E-state index contributed by atoms with van der Waals surface area (Å²) in [4.78, 5) is 52.6. The quantitative estimate of drug-likeness (QED) is 0.714. The average molecular weight is 396 g/mol. The summed E-state index contributed by atoms with van der Waals surface area (Å²) in [5.41, 5.74) is -2.55. The Balaban J connectivity index is 1.80. The zero-order valence-corrected chi connectivity index (χ0v) is 15.8. The van der Waals surface area contributed by atoms with E-state index in [0.717, 1.165) is 0 Å². The Morgan fingerprint density at radius 1 is 0.821 bits per heavy atom. The number of hydrogen-bond acceptors (Lipinski definition) is 6. The number of carbonyl (C=O) groups is 4. The maximum Gasteiger partial charge on any atom is 0.410 e. The van der Waals surface area contributed by atoms with Crippen LogP contribution in [0.4, 0.5) is 9.59 Å². The number of ether oxygens (including phenoxy) is 2. The normalized spacial score (nSPS) is 39.8. The number of piperidine rings is 4. The molecular formula is C18H24N2O8. The lowest BCUT2D eigenvalue weighted by Crippen LogP contribution is -2.86. The van der Waals surface area contributed by atoms with Crippen LogP contribution in [-0.4, -0.2) is 82.5 Å². The first-order valence-corrected chi connectivity index (χ1v) is 9.59. The second kappa shape index (κ2) is 5.99. The SMILES string of the molecule is CCOC(=O)N1C[C@@H]2[C@@H]3CN(C(=O)OCC)[C@@H]4C[C@@]3(C(=O)O)[C@@H]1C[C@]24C(=O)O. The molecule has 10 heteroatoms. The van der Waals surface area contributed by atoms with Crippen LogP contribution in [-0.2, 0) is 19.1 Å². The van der Waals surface area contributed by atoms with Crippen molar-refractivity contribution in [2.24, 2.45) is 22.7 Å². The van der Waals surface area contributed by atoms with Gasteiger partial charge in [-0.2, -0.15) is 0 Å². The van der Waals surface area contributed by atoms with Gasteiger partial charge in [-0.25, -0.2) is 9.59 Å². The van der Waals surface area contributed by atoms with E-state index in [4.69, 9.17) is 9.47 Å². The second-order valence-electron chi connectivity index (χ2n) is 8.05. The number of rotatable bonds is 4. The lowest BCUT2D eigenvalue weighted by Gasteiger charge is -2.75. The van der Waals surface area contributed by atoms with Crippen molar-refractivity contribution in [2.45, 2.75) is 38.8 Å². The van der Waals surface area contributed by atoms with E-state index in [9.17, 15) is 29.4 Å². The molecule has 4 heterocycles. The highest BCUT2D eigenvalue weighted by Gasteiger charge is 2.81. The topological polar surface area (TPSA) is 134 Å². The number of carboxylic acid groups (broad SMARTS) is 2. The van der Waals surface area contributed by atoms with Gasteiger partial charge in [-0.15, -0.1) is 0 Å². The Labute approximate surface area is 161 Å². The van der Waals surface area contributed by atoms with Gasteiger partial charge >= 0.3 is 24.1 Å². The molecule has 4 saturated heterocycles. The highest BCUT2D eigenvalue weighted by molar-refractivity contribution is 5.87. The van der Waals surface area contributed by atoms with Crippen LogP contribution in [0.1, 0.15) is 26.7 Å². The van der Waals surface area contributed by atoms with Gasteiger partial charge in [0.05, 0.1) is 36.1 Å². The summed E-state index contributed by atoms with van der Waals surface area (Å²) in [6.45, 7) is 3.89. The summed E-state index contributed by atoms with van der Waals surface area (Å²) < 4.78 is 10.2. The molecular weight excluding hydrogens is 372 g/mol. The lowest BCUT2D eigenvalue weighted by atomic mass is 9.36. The molecule has 2 amide bonds. The van der Waals surface area contributed by atoms with Gasteiger partial charge in [0.2, 0.25) is 0 Å². The number of hydrogen-bond donors (Lipinski definition) is 2. The number of nitrogens with zero attached hydrogens (tertiary/aromatic N) is 2. The third-order valence-electron chi connectivity index (χ3n) is 7.40. The highest BCUT2D eigenvalue weighted by Crippen LogP contribution is 2.70. The molecule has 0 unspecified atom stereocenters. The van der Waals surface area contributed by atoms with Gasteiger partial charge in [-0.1, -0.05) is 0 Å². The molecule has 6 bridgehead atoms. The number of aliphatic carboxylic acids is 2. The Bertz CT molecular complexity index is 694. The van der Waals surface area contributed by atoms with Gasteiger partial charge in [0.25, 0.3) is 0 Å². The molecule has 0 radical (unpaired) electrons. The fourth-order valence-electron chi connectivity index (χ4n) is 6.42. The second-order valence-corrected chi connectivity index (χ2v) is 8.05. The molecule has 7 rings (SSSR count). The van der Waals surface area contributed by atoms with E-state index < -0.39 is 58.9 Å². The zero-order valence-electron chi connectivity index (χ0n) is 15.8. The molecule has 0 aromatic heterocycles. The first kappa shape index (κ1) is 18.8. The van der Waals surface area contributed by atoms with Crippen molar-refractivity contribution < 1.29 is 38.9 Å². The molecule has 0 aromatic carbocycles. The van der Waals surface area contributed by atoms with Crippen LogP contribution in [0.25, 0.3) is 0 Å². The first-order valence-electron chi connectivity index (χ1n) is 9.59. The predicted molar refractivity (Wildman–Crippen MR) is 91.4 cm³/mol. The minimum absolute atomic E-state index is 0.00478. The van der Waals surface area contributed by atoms with Gasteiger partial charge < -0.3 is 29.5 Å². The number of fused-ring (bicyclic) bond motifs is 2. The molecule has 3 aliphatic carbocycles.